The zero-order chi connectivity index (χ0) is 8.55. The molecular weight excluding hydrogens is 176 g/mol. The molecule has 0 unspecified atom stereocenters. The van der Waals surface area contributed by atoms with Gasteiger partial charge in [-0.15, -0.1) is 10.2 Å². The average molecular weight is 181 g/mol. The number of hydrogen-bond donors (Lipinski definition) is 1. The van der Waals surface area contributed by atoms with Crippen LogP contribution in [0.1, 0.15) is 0 Å². The lowest BCUT2D eigenvalue weighted by Crippen LogP contribution is -1.83. The maximum Gasteiger partial charge on any atom is 0.152 e. The summed E-state index contributed by atoms with van der Waals surface area (Å²) in [5, 5.41) is 17.7. The highest BCUT2D eigenvalue weighted by atomic mass is 35.5. The molecule has 0 amide bonds. The summed E-state index contributed by atoms with van der Waals surface area (Å²) in [7, 11) is 0. The Morgan fingerprint density at radius 3 is 2.83 bits per heavy atom. The quantitative estimate of drug-likeness (QED) is 0.675. The van der Waals surface area contributed by atoms with E-state index in [0.29, 0.717) is 5.15 Å². The maximum absolute atomic E-state index is 9.13. The van der Waals surface area contributed by atoms with E-state index in [2.05, 4.69) is 10.2 Å². The Hall–Kier alpha value is -1.35. The number of aromatic hydroxyl groups is 1. The fourth-order valence-electron chi connectivity index (χ4n) is 1.01. The first-order chi connectivity index (χ1) is 5.75. The number of fused-ring (bicyclic) bond motifs is 1. The van der Waals surface area contributed by atoms with E-state index < -0.39 is 0 Å². The van der Waals surface area contributed by atoms with Gasteiger partial charge in [0.05, 0.1) is 5.52 Å². The summed E-state index contributed by atoms with van der Waals surface area (Å²) >= 11 is 5.62. The zero-order valence-corrected chi connectivity index (χ0v) is 6.78. The van der Waals surface area contributed by atoms with Crippen LogP contribution in [0.15, 0.2) is 24.3 Å². The molecule has 1 N–H and O–H groups in total. The highest BCUT2D eigenvalue weighted by Gasteiger charge is 1.97. The van der Waals surface area contributed by atoms with Gasteiger partial charge in [0.1, 0.15) is 5.75 Å². The molecule has 0 radical (unpaired) electrons. The molecule has 2 rings (SSSR count). The number of aromatic nitrogens is 2. The van der Waals surface area contributed by atoms with Gasteiger partial charge in [-0.3, -0.25) is 0 Å². The highest BCUT2D eigenvalue weighted by molar-refractivity contribution is 6.29. The van der Waals surface area contributed by atoms with Crippen molar-refractivity contribution in [3.8, 4) is 5.75 Å². The van der Waals surface area contributed by atoms with Crippen molar-refractivity contribution < 1.29 is 5.11 Å². The summed E-state index contributed by atoms with van der Waals surface area (Å²) in [5.74, 6) is 0.201. The van der Waals surface area contributed by atoms with Crippen molar-refractivity contribution in [3.63, 3.8) is 0 Å². The Morgan fingerprint density at radius 2 is 2.00 bits per heavy atom. The molecule has 3 nitrogen and oxygen atoms in total. The molecule has 0 atom stereocenters. The Labute approximate surface area is 73.6 Å². The Kier molecular flexibility index (Phi) is 1.59. The summed E-state index contributed by atoms with van der Waals surface area (Å²) in [6.07, 6.45) is 0. The normalized spacial score (nSPS) is 10.4. The SMILES string of the molecule is Oc1ccc2nnc(Cl)cc2c1. The summed E-state index contributed by atoms with van der Waals surface area (Å²) in [6, 6.07) is 6.50. The molecule has 1 aromatic carbocycles. The molecule has 1 aromatic heterocycles. The van der Waals surface area contributed by atoms with Gasteiger partial charge in [0.2, 0.25) is 0 Å². The topological polar surface area (TPSA) is 46.0 Å². The number of phenolic OH excluding ortho intramolecular Hbond substituents is 1. The number of hydrogen-bond acceptors (Lipinski definition) is 3. The number of benzene rings is 1. The third kappa shape index (κ3) is 1.19. The van der Waals surface area contributed by atoms with Crippen molar-refractivity contribution in [1.29, 1.82) is 0 Å². The van der Waals surface area contributed by atoms with Crippen LogP contribution in [0.3, 0.4) is 0 Å². The van der Waals surface area contributed by atoms with Crippen molar-refractivity contribution in [3.05, 3.63) is 29.4 Å². The van der Waals surface area contributed by atoms with Crippen molar-refractivity contribution in [2.24, 2.45) is 0 Å². The van der Waals surface area contributed by atoms with Crippen LogP contribution < -0.4 is 0 Å². The number of halogens is 1. The second-order valence-corrected chi connectivity index (χ2v) is 2.80. The summed E-state index contributed by atoms with van der Waals surface area (Å²) in [6.45, 7) is 0. The van der Waals surface area contributed by atoms with Gasteiger partial charge in [0.15, 0.2) is 5.15 Å². The molecule has 60 valence electrons. The first kappa shape index (κ1) is 7.31. The number of nitrogens with zero attached hydrogens (tertiary/aromatic N) is 2. The van der Waals surface area contributed by atoms with Crippen molar-refractivity contribution in [1.82, 2.24) is 10.2 Å². The predicted molar refractivity (Wildman–Crippen MR) is 46.2 cm³/mol. The minimum atomic E-state index is 0.201. The smallest absolute Gasteiger partial charge is 0.152 e. The average Bonchev–Trinajstić information content (AvgIpc) is 2.03. The molecule has 0 aliphatic carbocycles. The summed E-state index contributed by atoms with van der Waals surface area (Å²) < 4.78 is 0. The van der Waals surface area contributed by atoms with E-state index in [1.165, 1.54) is 0 Å². The van der Waals surface area contributed by atoms with Gasteiger partial charge in [-0.1, -0.05) is 11.6 Å². The minimum Gasteiger partial charge on any atom is -0.508 e. The fourth-order valence-corrected chi connectivity index (χ4v) is 1.16. The first-order valence-corrected chi connectivity index (χ1v) is 3.75. The van der Waals surface area contributed by atoms with E-state index in [-0.39, 0.29) is 5.75 Å². The van der Waals surface area contributed by atoms with Gasteiger partial charge < -0.3 is 5.11 Å². The molecule has 0 aliphatic rings. The molecule has 4 heteroatoms. The van der Waals surface area contributed by atoms with Gasteiger partial charge in [0, 0.05) is 5.39 Å². The highest BCUT2D eigenvalue weighted by Crippen LogP contribution is 2.19. The molecule has 0 aliphatic heterocycles. The lowest BCUT2D eigenvalue weighted by atomic mass is 10.2. The third-order valence-electron chi connectivity index (χ3n) is 1.54. The maximum atomic E-state index is 9.13. The van der Waals surface area contributed by atoms with Crippen LogP contribution in [0, 0.1) is 0 Å². The van der Waals surface area contributed by atoms with Gasteiger partial charge in [-0.05, 0) is 24.3 Å². The van der Waals surface area contributed by atoms with E-state index in [4.69, 9.17) is 16.7 Å². The van der Waals surface area contributed by atoms with Crippen LogP contribution in [0.2, 0.25) is 5.15 Å². The molecular formula is C8H5ClN2O. The standard InChI is InChI=1S/C8H5ClN2O/c9-8-4-5-3-6(12)1-2-7(5)10-11-8/h1-4,12H. The zero-order valence-electron chi connectivity index (χ0n) is 6.03. The van der Waals surface area contributed by atoms with Gasteiger partial charge in [-0.2, -0.15) is 0 Å². The number of rotatable bonds is 0. The molecule has 0 saturated heterocycles. The minimum absolute atomic E-state index is 0.201. The second kappa shape index (κ2) is 2.60. The van der Waals surface area contributed by atoms with Crippen molar-refractivity contribution in [2.75, 3.05) is 0 Å². The predicted octanol–water partition coefficient (Wildman–Crippen LogP) is 1.99. The van der Waals surface area contributed by atoms with E-state index >= 15 is 0 Å². The monoisotopic (exact) mass is 180 g/mol. The van der Waals surface area contributed by atoms with Crippen molar-refractivity contribution in [2.45, 2.75) is 0 Å². The molecule has 0 bridgehead atoms. The van der Waals surface area contributed by atoms with Gasteiger partial charge in [0.25, 0.3) is 0 Å². The third-order valence-corrected chi connectivity index (χ3v) is 1.72. The molecule has 0 fully saturated rings. The molecule has 2 aromatic rings. The van der Waals surface area contributed by atoms with Crippen LogP contribution in [0.25, 0.3) is 10.9 Å². The Morgan fingerprint density at radius 1 is 1.17 bits per heavy atom. The lowest BCUT2D eigenvalue weighted by molar-refractivity contribution is 0.476. The van der Waals surface area contributed by atoms with Gasteiger partial charge >= 0.3 is 0 Å². The van der Waals surface area contributed by atoms with Crippen LogP contribution >= 0.6 is 11.6 Å². The van der Waals surface area contributed by atoms with Crippen LogP contribution in [0.5, 0.6) is 5.75 Å². The van der Waals surface area contributed by atoms with E-state index in [0.717, 1.165) is 10.9 Å². The lowest BCUT2D eigenvalue weighted by Gasteiger charge is -1.96. The first-order valence-electron chi connectivity index (χ1n) is 3.38. The summed E-state index contributed by atoms with van der Waals surface area (Å²) in [4.78, 5) is 0. The molecule has 1 heterocycles. The summed E-state index contributed by atoms with van der Waals surface area (Å²) in [5.41, 5.74) is 0.720. The Bertz CT molecular complexity index is 394. The van der Waals surface area contributed by atoms with E-state index in [1.54, 1.807) is 24.3 Å². The molecule has 12 heavy (non-hydrogen) atoms. The largest absolute Gasteiger partial charge is 0.508 e. The number of phenols is 1. The molecule has 0 saturated carbocycles. The van der Waals surface area contributed by atoms with Crippen molar-refractivity contribution >= 4 is 22.5 Å². The van der Waals surface area contributed by atoms with E-state index in [1.807, 2.05) is 0 Å². The van der Waals surface area contributed by atoms with Gasteiger partial charge in [-0.25, -0.2) is 0 Å². The van der Waals surface area contributed by atoms with E-state index in [9.17, 15) is 0 Å². The Balaban J connectivity index is 2.80. The van der Waals surface area contributed by atoms with Crippen LogP contribution in [0.4, 0.5) is 0 Å². The van der Waals surface area contributed by atoms with Crippen LogP contribution in [-0.4, -0.2) is 15.3 Å². The molecule has 0 spiro atoms. The van der Waals surface area contributed by atoms with Crippen LogP contribution in [-0.2, 0) is 0 Å². The second-order valence-electron chi connectivity index (χ2n) is 2.41. The fraction of sp³-hybridized carbons (Fsp3) is 0.